The summed E-state index contributed by atoms with van der Waals surface area (Å²) in [5.41, 5.74) is 4.12. The standard InChI is InChI=1S/C24H25N3O3S/c1-2-30-19-12-16(8-9-18(19)28)22-25-23(29)21-17-10-11-27(13-15-6-4-3-5-7-15)14-20(17)31-24(21)26-22/h3-9,12,22,26,28H,2,10-11,13-14H2,1H3,(H,25,29)/t22-/m0/s1. The fraction of sp³-hybridized carbons (Fsp3) is 0.292. The highest BCUT2D eigenvalue weighted by Crippen LogP contribution is 2.41. The normalized spacial score (nSPS) is 18.0. The number of aromatic hydroxyl groups is 1. The van der Waals surface area contributed by atoms with E-state index in [1.807, 2.05) is 13.0 Å². The fourth-order valence-corrected chi connectivity index (χ4v) is 5.61. The molecule has 2 aliphatic rings. The molecule has 3 N–H and O–H groups in total. The van der Waals surface area contributed by atoms with E-state index in [0.717, 1.165) is 42.2 Å². The molecule has 0 unspecified atom stereocenters. The van der Waals surface area contributed by atoms with Gasteiger partial charge in [-0.25, -0.2) is 0 Å². The average molecular weight is 436 g/mol. The van der Waals surface area contributed by atoms with Crippen molar-refractivity contribution in [2.45, 2.75) is 32.6 Å². The van der Waals surface area contributed by atoms with E-state index in [4.69, 9.17) is 4.74 Å². The van der Waals surface area contributed by atoms with Crippen LogP contribution < -0.4 is 15.4 Å². The molecular formula is C24H25N3O3S. The fourth-order valence-electron chi connectivity index (χ4n) is 4.29. The van der Waals surface area contributed by atoms with Gasteiger partial charge in [-0.2, -0.15) is 0 Å². The van der Waals surface area contributed by atoms with Gasteiger partial charge in [0.1, 0.15) is 11.2 Å². The Morgan fingerprint density at radius 1 is 1.19 bits per heavy atom. The van der Waals surface area contributed by atoms with Gasteiger partial charge >= 0.3 is 0 Å². The largest absolute Gasteiger partial charge is 0.504 e. The summed E-state index contributed by atoms with van der Waals surface area (Å²) in [7, 11) is 0. The zero-order valence-corrected chi connectivity index (χ0v) is 18.2. The first kappa shape index (κ1) is 19.9. The lowest BCUT2D eigenvalue weighted by Crippen LogP contribution is -2.38. The number of anilines is 1. The molecule has 0 bridgehead atoms. The SMILES string of the molecule is CCOc1cc([C@H]2NC(=O)c3c(sc4c3CCN(Cc3ccccc3)C4)N2)ccc1O. The zero-order chi connectivity index (χ0) is 21.4. The maximum atomic E-state index is 13.0. The Labute approximate surface area is 185 Å². The molecule has 0 fully saturated rings. The van der Waals surface area contributed by atoms with Crippen molar-refractivity contribution >= 4 is 22.2 Å². The summed E-state index contributed by atoms with van der Waals surface area (Å²) in [6, 6.07) is 15.7. The second-order valence-electron chi connectivity index (χ2n) is 7.87. The number of benzene rings is 2. The van der Waals surface area contributed by atoms with Crippen LogP contribution in [-0.4, -0.2) is 29.1 Å². The zero-order valence-electron chi connectivity index (χ0n) is 17.4. The Balaban J connectivity index is 1.37. The minimum absolute atomic E-state index is 0.0428. The Morgan fingerprint density at radius 2 is 2.03 bits per heavy atom. The minimum Gasteiger partial charge on any atom is -0.504 e. The molecule has 31 heavy (non-hydrogen) atoms. The summed E-state index contributed by atoms with van der Waals surface area (Å²) >= 11 is 1.68. The van der Waals surface area contributed by atoms with E-state index in [2.05, 4.69) is 39.8 Å². The predicted molar refractivity (Wildman–Crippen MR) is 122 cm³/mol. The number of phenolic OH excluding ortho intramolecular Hbond substituents is 1. The third-order valence-corrected chi connectivity index (χ3v) is 6.93. The topological polar surface area (TPSA) is 73.8 Å². The molecule has 0 saturated heterocycles. The van der Waals surface area contributed by atoms with Gasteiger partial charge in [-0.1, -0.05) is 36.4 Å². The number of carbonyl (C=O) groups is 1. The smallest absolute Gasteiger partial charge is 0.256 e. The Bertz CT molecular complexity index is 1110. The number of hydrogen-bond acceptors (Lipinski definition) is 6. The molecule has 0 radical (unpaired) electrons. The van der Waals surface area contributed by atoms with Crippen molar-refractivity contribution in [1.29, 1.82) is 0 Å². The van der Waals surface area contributed by atoms with E-state index in [0.29, 0.717) is 12.4 Å². The van der Waals surface area contributed by atoms with Crippen LogP contribution in [0.2, 0.25) is 0 Å². The Kier molecular flexibility index (Phi) is 5.29. The third-order valence-electron chi connectivity index (χ3n) is 5.78. The number of rotatable bonds is 5. The summed E-state index contributed by atoms with van der Waals surface area (Å²) < 4.78 is 5.50. The lowest BCUT2D eigenvalue weighted by molar-refractivity contribution is 0.0934. The lowest BCUT2D eigenvalue weighted by Gasteiger charge is -2.28. The molecule has 5 rings (SSSR count). The summed E-state index contributed by atoms with van der Waals surface area (Å²) in [6.07, 6.45) is 0.516. The van der Waals surface area contributed by atoms with Crippen LogP contribution in [0.25, 0.3) is 0 Å². The molecule has 6 nitrogen and oxygen atoms in total. The number of carbonyl (C=O) groups excluding carboxylic acids is 1. The van der Waals surface area contributed by atoms with Crippen molar-refractivity contribution < 1.29 is 14.6 Å². The van der Waals surface area contributed by atoms with E-state index < -0.39 is 0 Å². The van der Waals surface area contributed by atoms with Crippen molar-refractivity contribution in [3.8, 4) is 11.5 Å². The minimum atomic E-state index is -0.361. The molecule has 1 atom stereocenters. The van der Waals surface area contributed by atoms with Gasteiger partial charge in [-0.05, 0) is 42.2 Å². The summed E-state index contributed by atoms with van der Waals surface area (Å²) in [5, 5.41) is 17.5. The van der Waals surface area contributed by atoms with Crippen LogP contribution in [0, 0.1) is 0 Å². The molecule has 2 aliphatic heterocycles. The van der Waals surface area contributed by atoms with Crippen LogP contribution in [0.15, 0.2) is 48.5 Å². The highest BCUT2D eigenvalue weighted by atomic mass is 32.1. The van der Waals surface area contributed by atoms with E-state index in [1.165, 1.54) is 16.0 Å². The maximum Gasteiger partial charge on any atom is 0.256 e. The quantitative estimate of drug-likeness (QED) is 0.558. The van der Waals surface area contributed by atoms with E-state index in [-0.39, 0.29) is 17.8 Å². The van der Waals surface area contributed by atoms with Crippen LogP contribution >= 0.6 is 11.3 Å². The second kappa shape index (κ2) is 8.24. The molecule has 0 aliphatic carbocycles. The number of phenols is 1. The van der Waals surface area contributed by atoms with Gasteiger partial charge in [0.15, 0.2) is 11.5 Å². The molecular weight excluding hydrogens is 410 g/mol. The van der Waals surface area contributed by atoms with Gasteiger partial charge in [0.2, 0.25) is 0 Å². The van der Waals surface area contributed by atoms with Crippen molar-refractivity contribution in [2.24, 2.45) is 0 Å². The number of amides is 1. The molecule has 0 spiro atoms. The number of hydrogen-bond donors (Lipinski definition) is 3. The van der Waals surface area contributed by atoms with Gasteiger partial charge in [0.05, 0.1) is 12.2 Å². The van der Waals surface area contributed by atoms with Gasteiger partial charge in [-0.3, -0.25) is 9.69 Å². The molecule has 3 heterocycles. The Morgan fingerprint density at radius 3 is 2.84 bits per heavy atom. The van der Waals surface area contributed by atoms with E-state index in [1.54, 1.807) is 29.5 Å². The van der Waals surface area contributed by atoms with Crippen LogP contribution in [0.4, 0.5) is 5.00 Å². The molecule has 2 aromatic carbocycles. The summed E-state index contributed by atoms with van der Waals surface area (Å²) in [5.74, 6) is 0.473. The third kappa shape index (κ3) is 3.86. The van der Waals surface area contributed by atoms with Crippen LogP contribution in [-0.2, 0) is 19.5 Å². The highest BCUT2D eigenvalue weighted by Gasteiger charge is 2.33. The number of ether oxygens (including phenoxy) is 1. The van der Waals surface area contributed by atoms with Crippen LogP contribution in [0.3, 0.4) is 0 Å². The second-order valence-corrected chi connectivity index (χ2v) is 8.97. The summed E-state index contributed by atoms with van der Waals surface area (Å²) in [6.45, 7) is 5.05. The van der Waals surface area contributed by atoms with Gasteiger partial charge in [0, 0.05) is 24.5 Å². The van der Waals surface area contributed by atoms with Crippen molar-refractivity contribution in [3.05, 3.63) is 75.7 Å². The summed E-state index contributed by atoms with van der Waals surface area (Å²) in [4.78, 5) is 16.7. The van der Waals surface area contributed by atoms with Gasteiger partial charge in [-0.15, -0.1) is 11.3 Å². The van der Waals surface area contributed by atoms with Crippen LogP contribution in [0.1, 0.15) is 45.0 Å². The number of thiophene rings is 1. The first-order valence-electron chi connectivity index (χ1n) is 10.6. The molecule has 1 aromatic heterocycles. The van der Waals surface area contributed by atoms with Crippen molar-refractivity contribution in [2.75, 3.05) is 18.5 Å². The van der Waals surface area contributed by atoms with Crippen LogP contribution in [0.5, 0.6) is 11.5 Å². The van der Waals surface area contributed by atoms with E-state index in [9.17, 15) is 9.90 Å². The predicted octanol–water partition coefficient (Wildman–Crippen LogP) is 4.26. The number of nitrogens with zero attached hydrogens (tertiary/aromatic N) is 1. The monoisotopic (exact) mass is 435 g/mol. The average Bonchev–Trinajstić information content (AvgIpc) is 3.14. The highest BCUT2D eigenvalue weighted by molar-refractivity contribution is 7.16. The lowest BCUT2D eigenvalue weighted by atomic mass is 10.00. The number of fused-ring (bicyclic) bond motifs is 3. The number of nitrogens with one attached hydrogen (secondary N) is 2. The first-order chi connectivity index (χ1) is 15.1. The Hall–Kier alpha value is -3.03. The van der Waals surface area contributed by atoms with Gasteiger partial charge in [0.25, 0.3) is 5.91 Å². The van der Waals surface area contributed by atoms with E-state index >= 15 is 0 Å². The first-order valence-corrected chi connectivity index (χ1v) is 11.4. The van der Waals surface area contributed by atoms with Gasteiger partial charge < -0.3 is 20.5 Å². The maximum absolute atomic E-state index is 13.0. The molecule has 0 saturated carbocycles. The molecule has 7 heteroatoms. The van der Waals surface area contributed by atoms with Crippen molar-refractivity contribution in [1.82, 2.24) is 10.2 Å². The van der Waals surface area contributed by atoms with Crippen molar-refractivity contribution in [3.63, 3.8) is 0 Å². The molecule has 3 aromatic rings. The molecule has 160 valence electrons. The molecule has 1 amide bonds.